The molecule has 1 amide bonds. The Hall–Kier alpha value is -2.95. The van der Waals surface area contributed by atoms with Crippen LogP contribution in [0.3, 0.4) is 0 Å². The molecule has 1 atom stereocenters. The molecule has 1 N–H and O–H groups in total. The third-order valence-electron chi connectivity index (χ3n) is 5.04. The van der Waals surface area contributed by atoms with E-state index in [1.54, 1.807) is 39.5 Å². The molecule has 5 heteroatoms. The zero-order valence-electron chi connectivity index (χ0n) is 19.0. The Labute approximate surface area is 180 Å². The fraction of sp³-hybridized carbons (Fsp3) is 0.400. The molecule has 2 rings (SSSR count). The summed E-state index contributed by atoms with van der Waals surface area (Å²) in [6.07, 6.45) is 3.26. The maximum Gasteiger partial charge on any atom is 0.244 e. The first-order chi connectivity index (χ1) is 14.3. The van der Waals surface area contributed by atoms with Crippen LogP contribution in [0.2, 0.25) is 0 Å². The normalized spacial score (nSPS) is 12.3. The first-order valence-corrected chi connectivity index (χ1v) is 10.2. The van der Waals surface area contributed by atoms with Crippen molar-refractivity contribution in [3.05, 3.63) is 59.2 Å². The summed E-state index contributed by atoms with van der Waals surface area (Å²) < 4.78 is 16.1. The molecule has 0 aliphatic heterocycles. The lowest BCUT2D eigenvalue weighted by molar-refractivity contribution is -0.117. The molecule has 0 unspecified atom stereocenters. The van der Waals surface area contributed by atoms with Crippen LogP contribution in [0.1, 0.15) is 56.3 Å². The summed E-state index contributed by atoms with van der Waals surface area (Å²) in [6, 6.07) is 12.0. The summed E-state index contributed by atoms with van der Waals surface area (Å²) in [7, 11) is 4.69. The summed E-state index contributed by atoms with van der Waals surface area (Å²) in [5, 5.41) is 3.12. The monoisotopic (exact) mass is 411 g/mol. The van der Waals surface area contributed by atoms with Gasteiger partial charge in [-0.2, -0.15) is 0 Å². The number of rotatable bonds is 9. The molecule has 2 aromatic rings. The van der Waals surface area contributed by atoms with Crippen molar-refractivity contribution in [1.82, 2.24) is 5.32 Å². The van der Waals surface area contributed by atoms with Crippen LogP contribution in [0, 0.1) is 5.92 Å². The maximum absolute atomic E-state index is 12.6. The van der Waals surface area contributed by atoms with Crippen LogP contribution in [0.25, 0.3) is 6.08 Å². The van der Waals surface area contributed by atoms with Crippen LogP contribution in [0.15, 0.2) is 42.5 Å². The van der Waals surface area contributed by atoms with Crippen molar-refractivity contribution in [2.45, 2.75) is 39.7 Å². The van der Waals surface area contributed by atoms with Crippen LogP contribution >= 0.6 is 0 Å². The topological polar surface area (TPSA) is 56.8 Å². The Balaban J connectivity index is 2.18. The first kappa shape index (κ1) is 23.3. The van der Waals surface area contributed by atoms with Gasteiger partial charge < -0.3 is 19.5 Å². The lowest BCUT2D eigenvalue weighted by atomic mass is 9.93. The number of nitrogens with one attached hydrogen (secondary N) is 1. The Kier molecular flexibility index (Phi) is 8.34. The Bertz CT molecular complexity index is 844. The van der Waals surface area contributed by atoms with Crippen LogP contribution in [-0.4, -0.2) is 27.2 Å². The third kappa shape index (κ3) is 5.78. The SMILES string of the molecule is COc1cc(/C=C/C(=O)N[C@@H](c2ccc(C(C)C)cc2)C(C)C)cc(OC)c1OC. The number of amides is 1. The molecular formula is C25H33NO4. The lowest BCUT2D eigenvalue weighted by Gasteiger charge is -2.23. The molecule has 0 saturated heterocycles. The number of ether oxygens (including phenoxy) is 3. The Morgan fingerprint density at radius 3 is 1.83 bits per heavy atom. The molecule has 0 radical (unpaired) electrons. The van der Waals surface area contributed by atoms with Gasteiger partial charge in [-0.3, -0.25) is 4.79 Å². The number of carbonyl (C=O) groups excluding carboxylic acids is 1. The van der Waals surface area contributed by atoms with Crippen LogP contribution in [0.5, 0.6) is 17.2 Å². The van der Waals surface area contributed by atoms with E-state index in [2.05, 4.69) is 57.3 Å². The molecule has 0 fully saturated rings. The fourth-order valence-electron chi connectivity index (χ4n) is 3.29. The van der Waals surface area contributed by atoms with Gasteiger partial charge in [0.15, 0.2) is 11.5 Å². The molecule has 0 bridgehead atoms. The second-order valence-electron chi connectivity index (χ2n) is 7.84. The van der Waals surface area contributed by atoms with Gasteiger partial charge in [0, 0.05) is 6.08 Å². The van der Waals surface area contributed by atoms with Crippen molar-refractivity contribution in [3.8, 4) is 17.2 Å². The van der Waals surface area contributed by atoms with Crippen molar-refractivity contribution in [1.29, 1.82) is 0 Å². The summed E-state index contributed by atoms with van der Waals surface area (Å²) in [4.78, 5) is 12.6. The number of benzene rings is 2. The van der Waals surface area contributed by atoms with Crippen molar-refractivity contribution in [3.63, 3.8) is 0 Å². The van der Waals surface area contributed by atoms with Gasteiger partial charge in [0.05, 0.1) is 27.4 Å². The zero-order chi connectivity index (χ0) is 22.3. The number of methoxy groups -OCH3 is 3. The first-order valence-electron chi connectivity index (χ1n) is 10.2. The van der Waals surface area contributed by atoms with Crippen molar-refractivity contribution in [2.75, 3.05) is 21.3 Å². The quantitative estimate of drug-likeness (QED) is 0.564. The van der Waals surface area contributed by atoms with Gasteiger partial charge in [0.1, 0.15) is 0 Å². The molecule has 0 aliphatic rings. The van der Waals surface area contributed by atoms with Gasteiger partial charge in [-0.15, -0.1) is 0 Å². The van der Waals surface area contributed by atoms with E-state index in [0.29, 0.717) is 23.2 Å². The van der Waals surface area contributed by atoms with Crippen molar-refractivity contribution < 1.29 is 19.0 Å². The van der Waals surface area contributed by atoms with Gasteiger partial charge in [-0.1, -0.05) is 52.0 Å². The smallest absolute Gasteiger partial charge is 0.244 e. The summed E-state index contributed by atoms with van der Waals surface area (Å²) in [5.41, 5.74) is 3.17. The van der Waals surface area contributed by atoms with Crippen LogP contribution in [0.4, 0.5) is 0 Å². The fourth-order valence-corrected chi connectivity index (χ4v) is 3.29. The number of carbonyl (C=O) groups is 1. The predicted molar refractivity (Wildman–Crippen MR) is 121 cm³/mol. The molecule has 0 aromatic heterocycles. The van der Waals surface area contributed by atoms with Crippen LogP contribution in [-0.2, 0) is 4.79 Å². The number of hydrogen-bond donors (Lipinski definition) is 1. The minimum atomic E-state index is -0.157. The van der Waals surface area contributed by atoms with E-state index in [-0.39, 0.29) is 17.9 Å². The predicted octanol–water partition coefficient (Wildman–Crippen LogP) is 5.36. The molecule has 0 spiro atoms. The Morgan fingerprint density at radius 2 is 1.40 bits per heavy atom. The van der Waals surface area contributed by atoms with E-state index in [0.717, 1.165) is 11.1 Å². The van der Waals surface area contributed by atoms with E-state index in [9.17, 15) is 4.79 Å². The largest absolute Gasteiger partial charge is 0.493 e. The highest BCUT2D eigenvalue weighted by molar-refractivity contribution is 5.92. The van der Waals surface area contributed by atoms with E-state index in [4.69, 9.17) is 14.2 Å². The van der Waals surface area contributed by atoms with Crippen molar-refractivity contribution in [2.24, 2.45) is 5.92 Å². The minimum Gasteiger partial charge on any atom is -0.493 e. The highest BCUT2D eigenvalue weighted by Crippen LogP contribution is 2.38. The van der Waals surface area contributed by atoms with Gasteiger partial charge in [-0.05, 0) is 46.7 Å². The van der Waals surface area contributed by atoms with Gasteiger partial charge in [-0.25, -0.2) is 0 Å². The lowest BCUT2D eigenvalue weighted by Crippen LogP contribution is -2.30. The van der Waals surface area contributed by atoms with E-state index in [1.807, 2.05) is 0 Å². The third-order valence-corrected chi connectivity index (χ3v) is 5.04. The summed E-state index contributed by atoms with van der Waals surface area (Å²) in [5.74, 6) is 2.19. The maximum atomic E-state index is 12.6. The van der Waals surface area contributed by atoms with E-state index in [1.165, 1.54) is 11.6 Å². The summed E-state index contributed by atoms with van der Waals surface area (Å²) in [6.45, 7) is 8.55. The second kappa shape index (κ2) is 10.7. The highest BCUT2D eigenvalue weighted by Gasteiger charge is 2.18. The van der Waals surface area contributed by atoms with Crippen molar-refractivity contribution >= 4 is 12.0 Å². The molecular weight excluding hydrogens is 378 g/mol. The zero-order valence-corrected chi connectivity index (χ0v) is 19.0. The number of hydrogen-bond acceptors (Lipinski definition) is 4. The average Bonchev–Trinajstić information content (AvgIpc) is 2.74. The molecule has 0 saturated carbocycles. The van der Waals surface area contributed by atoms with Gasteiger partial charge >= 0.3 is 0 Å². The van der Waals surface area contributed by atoms with E-state index >= 15 is 0 Å². The molecule has 30 heavy (non-hydrogen) atoms. The molecule has 0 heterocycles. The minimum absolute atomic E-state index is 0.0664. The van der Waals surface area contributed by atoms with Gasteiger partial charge in [0.25, 0.3) is 0 Å². The summed E-state index contributed by atoms with van der Waals surface area (Å²) >= 11 is 0. The standard InChI is InChI=1S/C25H33NO4/c1-16(2)19-9-11-20(12-10-19)24(17(3)4)26-23(27)13-8-18-14-21(28-5)25(30-7)22(15-18)29-6/h8-17,24H,1-7H3,(H,26,27)/b13-8+/t24-/m1/s1. The average molecular weight is 412 g/mol. The highest BCUT2D eigenvalue weighted by atomic mass is 16.5. The molecule has 162 valence electrons. The molecule has 2 aromatic carbocycles. The molecule has 0 aliphatic carbocycles. The Morgan fingerprint density at radius 1 is 0.867 bits per heavy atom. The molecule has 5 nitrogen and oxygen atoms in total. The van der Waals surface area contributed by atoms with Crippen LogP contribution < -0.4 is 19.5 Å². The van der Waals surface area contributed by atoms with Gasteiger partial charge in [0.2, 0.25) is 11.7 Å². The van der Waals surface area contributed by atoms with E-state index < -0.39 is 0 Å². The second-order valence-corrected chi connectivity index (χ2v) is 7.84.